The number of aromatic nitrogens is 2. The summed E-state index contributed by atoms with van der Waals surface area (Å²) in [5, 5.41) is 0. The molecule has 114 valence electrons. The van der Waals surface area contributed by atoms with E-state index in [0.29, 0.717) is 0 Å². The van der Waals surface area contributed by atoms with Crippen molar-refractivity contribution < 1.29 is 0 Å². The van der Waals surface area contributed by atoms with Crippen LogP contribution in [0.4, 0.5) is 11.6 Å². The lowest BCUT2D eigenvalue weighted by Gasteiger charge is -2.27. The number of hydrogen-bond donors (Lipinski definition) is 2. The van der Waals surface area contributed by atoms with Gasteiger partial charge in [-0.2, -0.15) is 0 Å². The van der Waals surface area contributed by atoms with Gasteiger partial charge in [0.1, 0.15) is 18.0 Å². The number of nitrogen functional groups attached to an aromatic ring is 1. The van der Waals surface area contributed by atoms with E-state index in [-0.39, 0.29) is 0 Å². The normalized spacial score (nSPS) is 10.9. The summed E-state index contributed by atoms with van der Waals surface area (Å²) in [6.45, 7) is 7.29. The van der Waals surface area contributed by atoms with Gasteiger partial charge in [-0.3, -0.25) is 0 Å². The first-order valence-electron chi connectivity index (χ1n) is 7.34. The average Bonchev–Trinajstić information content (AvgIpc) is 2.44. The van der Waals surface area contributed by atoms with Gasteiger partial charge in [-0.15, -0.1) is 0 Å². The topological polar surface area (TPSA) is 70.3 Å². The third kappa shape index (κ3) is 4.61. The Bertz CT molecular complexity index is 393. The highest BCUT2D eigenvalue weighted by atomic mass is 15.3. The van der Waals surface area contributed by atoms with Crippen molar-refractivity contribution in [2.24, 2.45) is 5.84 Å². The summed E-state index contributed by atoms with van der Waals surface area (Å²) < 4.78 is 0. The smallest absolute Gasteiger partial charge is 0.148 e. The Labute approximate surface area is 122 Å². The molecule has 0 aliphatic carbocycles. The van der Waals surface area contributed by atoms with Crippen molar-refractivity contribution in [2.75, 3.05) is 44.1 Å². The van der Waals surface area contributed by atoms with E-state index >= 15 is 0 Å². The molecule has 1 heterocycles. The highest BCUT2D eigenvalue weighted by Crippen LogP contribution is 2.24. The fourth-order valence-corrected chi connectivity index (χ4v) is 2.19. The molecule has 0 amide bonds. The van der Waals surface area contributed by atoms with Gasteiger partial charge in [0.2, 0.25) is 0 Å². The number of rotatable bonds is 9. The summed E-state index contributed by atoms with van der Waals surface area (Å²) in [6, 6.07) is 0. The minimum atomic E-state index is 0.739. The van der Waals surface area contributed by atoms with Crippen LogP contribution in [0.2, 0.25) is 0 Å². The van der Waals surface area contributed by atoms with E-state index in [2.05, 4.69) is 53.1 Å². The zero-order valence-electron chi connectivity index (χ0n) is 13.2. The Morgan fingerprint density at radius 2 is 1.85 bits per heavy atom. The molecular formula is C14H28N6. The number of nitrogens with zero attached hydrogens (tertiary/aromatic N) is 4. The van der Waals surface area contributed by atoms with Crippen LogP contribution >= 0.6 is 0 Å². The molecule has 0 aliphatic heterocycles. The molecule has 1 aromatic rings. The fourth-order valence-electron chi connectivity index (χ4n) is 2.19. The highest BCUT2D eigenvalue weighted by molar-refractivity contribution is 5.58. The molecule has 20 heavy (non-hydrogen) atoms. The zero-order valence-corrected chi connectivity index (χ0v) is 13.2. The molecular weight excluding hydrogens is 252 g/mol. The molecule has 0 saturated carbocycles. The quantitative estimate of drug-likeness (QED) is 0.527. The molecule has 0 bridgehead atoms. The van der Waals surface area contributed by atoms with Crippen LogP contribution in [0.3, 0.4) is 0 Å². The minimum Gasteiger partial charge on any atom is -0.355 e. The third-order valence-corrected chi connectivity index (χ3v) is 3.17. The van der Waals surface area contributed by atoms with Crippen LogP contribution in [-0.2, 0) is 6.42 Å². The summed E-state index contributed by atoms with van der Waals surface area (Å²) in [5.74, 6) is 7.33. The lowest BCUT2D eigenvalue weighted by atomic mass is 10.1. The standard InChI is InChI=1S/C14H28N6/c1-5-7-12-13(18-15)16-11-17-14(12)20(8-6-2)10-9-19(3)4/h11H,5-10,15H2,1-4H3,(H,16,17,18). The summed E-state index contributed by atoms with van der Waals surface area (Å²) in [7, 11) is 4.17. The van der Waals surface area contributed by atoms with Crippen LogP contribution in [0.5, 0.6) is 0 Å². The summed E-state index contributed by atoms with van der Waals surface area (Å²) in [6.07, 6.45) is 4.65. The number of nitrogens with two attached hydrogens (primary N) is 1. The first-order chi connectivity index (χ1) is 9.63. The number of hydrogen-bond acceptors (Lipinski definition) is 6. The second-order valence-electron chi connectivity index (χ2n) is 5.21. The first-order valence-corrected chi connectivity index (χ1v) is 7.34. The predicted molar refractivity (Wildman–Crippen MR) is 84.9 cm³/mol. The molecule has 0 aliphatic rings. The van der Waals surface area contributed by atoms with Crippen molar-refractivity contribution in [2.45, 2.75) is 33.1 Å². The monoisotopic (exact) mass is 280 g/mol. The molecule has 3 N–H and O–H groups in total. The zero-order chi connectivity index (χ0) is 15.0. The van der Waals surface area contributed by atoms with Crippen molar-refractivity contribution >= 4 is 11.6 Å². The Morgan fingerprint density at radius 1 is 1.10 bits per heavy atom. The lowest BCUT2D eigenvalue weighted by Crippen LogP contribution is -2.34. The van der Waals surface area contributed by atoms with E-state index in [1.54, 1.807) is 6.33 Å². The van der Waals surface area contributed by atoms with Gasteiger partial charge in [0, 0.05) is 25.2 Å². The maximum absolute atomic E-state index is 5.58. The third-order valence-electron chi connectivity index (χ3n) is 3.17. The molecule has 6 nitrogen and oxygen atoms in total. The van der Waals surface area contributed by atoms with Crippen LogP contribution in [0, 0.1) is 0 Å². The predicted octanol–water partition coefficient (Wildman–Crippen LogP) is 1.49. The van der Waals surface area contributed by atoms with Crippen molar-refractivity contribution in [1.29, 1.82) is 0 Å². The number of likely N-dealkylation sites (N-methyl/N-ethyl adjacent to an activating group) is 1. The Balaban J connectivity index is 3.03. The Hall–Kier alpha value is -1.40. The summed E-state index contributed by atoms with van der Waals surface area (Å²) in [4.78, 5) is 13.2. The second kappa shape index (κ2) is 8.71. The average molecular weight is 280 g/mol. The second-order valence-corrected chi connectivity index (χ2v) is 5.21. The molecule has 1 aromatic heterocycles. The Morgan fingerprint density at radius 3 is 2.40 bits per heavy atom. The molecule has 0 unspecified atom stereocenters. The molecule has 6 heteroatoms. The van der Waals surface area contributed by atoms with Gasteiger partial charge in [-0.1, -0.05) is 20.3 Å². The van der Waals surface area contributed by atoms with E-state index in [0.717, 1.165) is 56.1 Å². The van der Waals surface area contributed by atoms with Gasteiger partial charge >= 0.3 is 0 Å². The maximum Gasteiger partial charge on any atom is 0.148 e. The maximum atomic E-state index is 5.58. The largest absolute Gasteiger partial charge is 0.355 e. The molecule has 0 spiro atoms. The van der Waals surface area contributed by atoms with E-state index < -0.39 is 0 Å². The van der Waals surface area contributed by atoms with Gasteiger partial charge in [0.15, 0.2) is 0 Å². The molecule has 0 saturated heterocycles. The van der Waals surface area contributed by atoms with E-state index in [4.69, 9.17) is 5.84 Å². The van der Waals surface area contributed by atoms with E-state index in [9.17, 15) is 0 Å². The van der Waals surface area contributed by atoms with Crippen molar-refractivity contribution in [3.05, 3.63) is 11.9 Å². The summed E-state index contributed by atoms with van der Waals surface area (Å²) >= 11 is 0. The van der Waals surface area contributed by atoms with E-state index in [1.165, 1.54) is 0 Å². The minimum absolute atomic E-state index is 0.739. The molecule has 0 atom stereocenters. The van der Waals surface area contributed by atoms with Gasteiger partial charge < -0.3 is 15.2 Å². The molecule has 0 aromatic carbocycles. The van der Waals surface area contributed by atoms with E-state index in [1.807, 2.05) is 0 Å². The molecule has 1 rings (SSSR count). The fraction of sp³-hybridized carbons (Fsp3) is 0.714. The lowest BCUT2D eigenvalue weighted by molar-refractivity contribution is 0.412. The van der Waals surface area contributed by atoms with Crippen molar-refractivity contribution in [1.82, 2.24) is 14.9 Å². The molecule has 0 fully saturated rings. The van der Waals surface area contributed by atoms with Crippen LogP contribution < -0.4 is 16.2 Å². The van der Waals surface area contributed by atoms with Crippen LogP contribution in [-0.4, -0.2) is 48.6 Å². The number of hydrazine groups is 1. The van der Waals surface area contributed by atoms with Crippen LogP contribution in [0.1, 0.15) is 32.3 Å². The van der Waals surface area contributed by atoms with Gasteiger partial charge in [-0.25, -0.2) is 15.8 Å². The van der Waals surface area contributed by atoms with Gasteiger partial charge in [0.25, 0.3) is 0 Å². The van der Waals surface area contributed by atoms with Crippen molar-refractivity contribution in [3.8, 4) is 0 Å². The highest BCUT2D eigenvalue weighted by Gasteiger charge is 2.16. The first kappa shape index (κ1) is 16.7. The molecule has 0 radical (unpaired) electrons. The van der Waals surface area contributed by atoms with Crippen molar-refractivity contribution in [3.63, 3.8) is 0 Å². The van der Waals surface area contributed by atoms with Gasteiger partial charge in [-0.05, 0) is 26.9 Å². The summed E-state index contributed by atoms with van der Waals surface area (Å²) in [5.41, 5.74) is 3.81. The van der Waals surface area contributed by atoms with Crippen LogP contribution in [0.25, 0.3) is 0 Å². The Kier molecular flexibility index (Phi) is 7.25. The number of nitrogens with one attached hydrogen (secondary N) is 1. The SMILES string of the molecule is CCCc1c(NN)ncnc1N(CCC)CCN(C)C. The van der Waals surface area contributed by atoms with Crippen LogP contribution in [0.15, 0.2) is 6.33 Å². The van der Waals surface area contributed by atoms with Gasteiger partial charge in [0.05, 0.1) is 0 Å². The number of anilines is 2.